The molecule has 0 radical (unpaired) electrons. The maximum Gasteiger partial charge on any atom is 0.246 e. The summed E-state index contributed by atoms with van der Waals surface area (Å²) in [5.74, 6) is 0.0132. The van der Waals surface area contributed by atoms with Crippen LogP contribution in [-0.4, -0.2) is 48.3 Å². The molecule has 3 N–H and O–H groups in total. The number of aliphatic hydroxyl groups excluding tert-OH is 1. The minimum Gasteiger partial charge on any atom is -0.492 e. The molecule has 0 aliphatic carbocycles. The molecule has 0 spiro atoms. The van der Waals surface area contributed by atoms with Crippen molar-refractivity contribution in [3.05, 3.63) is 29.8 Å². The summed E-state index contributed by atoms with van der Waals surface area (Å²) in [5, 5.41) is 18.5. The molecule has 1 aliphatic rings. The van der Waals surface area contributed by atoms with Gasteiger partial charge in [-0.1, -0.05) is 6.07 Å². The Kier molecular flexibility index (Phi) is 5.75. The van der Waals surface area contributed by atoms with Crippen molar-refractivity contribution in [2.24, 2.45) is 11.7 Å². The van der Waals surface area contributed by atoms with E-state index in [-0.39, 0.29) is 5.92 Å². The summed E-state index contributed by atoms with van der Waals surface area (Å²) in [7, 11) is 0. The SMILES string of the molecule is N#Cc1cccc(OCCN2CCC([C@@H](O)C(N)=O)CC2)c1. The molecule has 1 aromatic carbocycles. The van der Waals surface area contributed by atoms with Gasteiger partial charge in [0.05, 0.1) is 11.6 Å². The van der Waals surface area contributed by atoms with Crippen molar-refractivity contribution in [1.29, 1.82) is 5.26 Å². The fourth-order valence-electron chi connectivity index (χ4n) is 2.67. The van der Waals surface area contributed by atoms with E-state index in [4.69, 9.17) is 15.7 Å². The number of nitrogens with zero attached hydrogens (tertiary/aromatic N) is 2. The minimum atomic E-state index is -1.04. The number of likely N-dealkylation sites (tertiary alicyclic amines) is 1. The Balaban J connectivity index is 1.71. The number of rotatable bonds is 6. The molecular weight excluding hydrogens is 282 g/mol. The van der Waals surface area contributed by atoms with E-state index in [1.165, 1.54) is 0 Å². The Bertz CT molecular complexity index is 548. The van der Waals surface area contributed by atoms with Crippen LogP contribution in [0.5, 0.6) is 5.75 Å². The van der Waals surface area contributed by atoms with Crippen LogP contribution in [0.4, 0.5) is 0 Å². The van der Waals surface area contributed by atoms with Crippen LogP contribution in [0.1, 0.15) is 18.4 Å². The molecule has 6 heteroatoms. The second kappa shape index (κ2) is 7.78. The molecular formula is C16H21N3O3. The number of amides is 1. The molecule has 6 nitrogen and oxygen atoms in total. The van der Waals surface area contributed by atoms with Gasteiger partial charge in [0.2, 0.25) is 5.91 Å². The molecule has 1 fully saturated rings. The molecule has 22 heavy (non-hydrogen) atoms. The van der Waals surface area contributed by atoms with E-state index in [0.29, 0.717) is 17.9 Å². The van der Waals surface area contributed by atoms with Gasteiger partial charge in [0.25, 0.3) is 0 Å². The van der Waals surface area contributed by atoms with Crippen LogP contribution in [0.25, 0.3) is 0 Å². The number of ether oxygens (including phenoxy) is 1. The van der Waals surface area contributed by atoms with E-state index in [2.05, 4.69) is 11.0 Å². The van der Waals surface area contributed by atoms with Gasteiger partial charge in [0.15, 0.2) is 0 Å². The quantitative estimate of drug-likeness (QED) is 0.797. The van der Waals surface area contributed by atoms with Crippen LogP contribution in [0.3, 0.4) is 0 Å². The van der Waals surface area contributed by atoms with Gasteiger partial charge in [-0.25, -0.2) is 0 Å². The number of aliphatic hydroxyl groups is 1. The topological polar surface area (TPSA) is 99.6 Å². The first-order chi connectivity index (χ1) is 10.6. The molecule has 0 bridgehead atoms. The molecule has 2 rings (SSSR count). The predicted molar refractivity (Wildman–Crippen MR) is 81.0 cm³/mol. The zero-order chi connectivity index (χ0) is 15.9. The molecule has 0 aromatic heterocycles. The van der Waals surface area contributed by atoms with E-state index >= 15 is 0 Å². The summed E-state index contributed by atoms with van der Waals surface area (Å²) >= 11 is 0. The lowest BCUT2D eigenvalue weighted by molar-refractivity contribution is -0.129. The van der Waals surface area contributed by atoms with Gasteiger partial charge in [0, 0.05) is 6.54 Å². The summed E-state index contributed by atoms with van der Waals surface area (Å²) in [5.41, 5.74) is 5.71. The smallest absolute Gasteiger partial charge is 0.246 e. The van der Waals surface area contributed by atoms with Crippen LogP contribution in [-0.2, 0) is 4.79 Å². The first-order valence-electron chi connectivity index (χ1n) is 7.43. The van der Waals surface area contributed by atoms with E-state index in [1.54, 1.807) is 18.2 Å². The van der Waals surface area contributed by atoms with Gasteiger partial charge < -0.3 is 15.6 Å². The molecule has 1 aliphatic heterocycles. The Morgan fingerprint density at radius 3 is 2.86 bits per heavy atom. The summed E-state index contributed by atoms with van der Waals surface area (Å²) in [6.07, 6.45) is 0.481. The maximum atomic E-state index is 11.0. The van der Waals surface area contributed by atoms with Gasteiger partial charge in [-0.2, -0.15) is 5.26 Å². The Hall–Kier alpha value is -2.10. The number of piperidine rings is 1. The molecule has 1 amide bonds. The van der Waals surface area contributed by atoms with E-state index < -0.39 is 12.0 Å². The summed E-state index contributed by atoms with van der Waals surface area (Å²) < 4.78 is 5.65. The number of carbonyl (C=O) groups is 1. The van der Waals surface area contributed by atoms with Crippen molar-refractivity contribution in [2.45, 2.75) is 18.9 Å². The fourth-order valence-corrected chi connectivity index (χ4v) is 2.67. The third-order valence-corrected chi connectivity index (χ3v) is 4.01. The first-order valence-corrected chi connectivity index (χ1v) is 7.43. The van der Waals surface area contributed by atoms with Crippen LogP contribution < -0.4 is 10.5 Å². The Morgan fingerprint density at radius 1 is 1.50 bits per heavy atom. The Labute approximate surface area is 130 Å². The van der Waals surface area contributed by atoms with Crippen LogP contribution in [0.15, 0.2) is 24.3 Å². The first kappa shape index (κ1) is 16.3. The van der Waals surface area contributed by atoms with Crippen molar-refractivity contribution >= 4 is 5.91 Å². The lowest BCUT2D eigenvalue weighted by Crippen LogP contribution is -2.43. The van der Waals surface area contributed by atoms with Crippen molar-refractivity contribution in [1.82, 2.24) is 4.90 Å². The van der Waals surface area contributed by atoms with Crippen molar-refractivity contribution in [2.75, 3.05) is 26.2 Å². The molecule has 1 saturated heterocycles. The molecule has 1 heterocycles. The number of nitriles is 1. The standard InChI is InChI=1S/C16H21N3O3/c17-11-12-2-1-3-14(10-12)22-9-8-19-6-4-13(5-7-19)15(20)16(18)21/h1-3,10,13,15,20H,4-9H2,(H2,18,21)/t15-/m1/s1. The third-order valence-electron chi connectivity index (χ3n) is 4.01. The predicted octanol–water partition coefficient (Wildman–Crippen LogP) is 0.495. The fraction of sp³-hybridized carbons (Fsp3) is 0.500. The largest absolute Gasteiger partial charge is 0.492 e. The van der Waals surface area contributed by atoms with Crippen molar-refractivity contribution < 1.29 is 14.6 Å². The van der Waals surface area contributed by atoms with Crippen molar-refractivity contribution in [3.8, 4) is 11.8 Å². The van der Waals surface area contributed by atoms with Crippen LogP contribution in [0, 0.1) is 17.2 Å². The highest BCUT2D eigenvalue weighted by Gasteiger charge is 2.28. The second-order valence-electron chi connectivity index (χ2n) is 5.51. The van der Waals surface area contributed by atoms with Gasteiger partial charge >= 0.3 is 0 Å². The molecule has 118 valence electrons. The van der Waals surface area contributed by atoms with Crippen molar-refractivity contribution in [3.63, 3.8) is 0 Å². The lowest BCUT2D eigenvalue weighted by Gasteiger charge is -2.33. The molecule has 1 atom stereocenters. The highest BCUT2D eigenvalue weighted by molar-refractivity contribution is 5.78. The molecule has 0 saturated carbocycles. The normalized spacial score (nSPS) is 17.6. The van der Waals surface area contributed by atoms with Crippen LogP contribution >= 0.6 is 0 Å². The van der Waals surface area contributed by atoms with Gasteiger partial charge in [0.1, 0.15) is 18.5 Å². The minimum absolute atomic E-state index is 0.0398. The number of hydrogen-bond acceptors (Lipinski definition) is 5. The number of hydrogen-bond donors (Lipinski definition) is 2. The average molecular weight is 303 g/mol. The number of nitrogens with two attached hydrogens (primary N) is 1. The second-order valence-corrected chi connectivity index (χ2v) is 5.51. The average Bonchev–Trinajstić information content (AvgIpc) is 2.55. The maximum absolute atomic E-state index is 11.0. The van der Waals surface area contributed by atoms with Gasteiger partial charge in [-0.15, -0.1) is 0 Å². The summed E-state index contributed by atoms with van der Waals surface area (Å²) in [6.45, 7) is 2.95. The zero-order valence-corrected chi connectivity index (χ0v) is 12.4. The van der Waals surface area contributed by atoms with E-state index in [9.17, 15) is 9.90 Å². The third kappa shape index (κ3) is 4.45. The molecule has 1 aromatic rings. The monoisotopic (exact) mass is 303 g/mol. The van der Waals surface area contributed by atoms with E-state index in [0.717, 1.165) is 32.5 Å². The van der Waals surface area contributed by atoms with E-state index in [1.807, 2.05) is 6.07 Å². The number of benzene rings is 1. The summed E-state index contributed by atoms with van der Waals surface area (Å²) in [6, 6.07) is 9.16. The van der Waals surface area contributed by atoms with Crippen LogP contribution in [0.2, 0.25) is 0 Å². The molecule has 0 unspecified atom stereocenters. The number of carbonyl (C=O) groups excluding carboxylic acids is 1. The van der Waals surface area contributed by atoms with Gasteiger partial charge in [-0.3, -0.25) is 9.69 Å². The zero-order valence-electron chi connectivity index (χ0n) is 12.4. The number of primary amides is 1. The summed E-state index contributed by atoms with van der Waals surface area (Å²) in [4.78, 5) is 13.2. The van der Waals surface area contributed by atoms with Gasteiger partial charge in [-0.05, 0) is 50.0 Å². The highest BCUT2D eigenvalue weighted by Crippen LogP contribution is 2.20. The highest BCUT2D eigenvalue weighted by atomic mass is 16.5. The Morgan fingerprint density at radius 2 is 2.23 bits per heavy atom. The lowest BCUT2D eigenvalue weighted by atomic mass is 9.91.